The number of nitrogens with one attached hydrogen (secondary N) is 1. The van der Waals surface area contributed by atoms with Gasteiger partial charge in [0.2, 0.25) is 0 Å². The Hall–Kier alpha value is 0.0900. The van der Waals surface area contributed by atoms with E-state index in [0.29, 0.717) is 12.1 Å². The Morgan fingerprint density at radius 1 is 1.37 bits per heavy atom. The van der Waals surface area contributed by atoms with Crippen molar-refractivity contribution in [2.45, 2.75) is 37.8 Å². The van der Waals surface area contributed by atoms with Crippen LogP contribution in [0.25, 0.3) is 0 Å². The van der Waals surface area contributed by atoms with Crippen molar-refractivity contribution in [3.63, 3.8) is 0 Å². The molecule has 1 aromatic rings. The Kier molecular flexibility index (Phi) is 5.45. The van der Waals surface area contributed by atoms with E-state index in [1.54, 1.807) is 0 Å². The molecule has 1 aromatic heterocycles. The van der Waals surface area contributed by atoms with Crippen molar-refractivity contribution >= 4 is 49.1 Å². The number of hydrogen-bond donors (Lipinski definition) is 1. The quantitative estimate of drug-likeness (QED) is 0.821. The van der Waals surface area contributed by atoms with Crippen LogP contribution in [-0.4, -0.2) is 37.0 Å². The monoisotopic (exact) mass is 408 g/mol. The van der Waals surface area contributed by atoms with Crippen LogP contribution in [0.3, 0.4) is 0 Å². The first-order chi connectivity index (χ1) is 9.02. The minimum absolute atomic E-state index is 0.129. The average molecular weight is 410 g/mol. The average Bonchev–Trinajstić information content (AvgIpc) is 2.77. The van der Waals surface area contributed by atoms with Gasteiger partial charge >= 0.3 is 0 Å². The zero-order valence-corrected chi connectivity index (χ0v) is 15.1. The van der Waals surface area contributed by atoms with Gasteiger partial charge in [-0.05, 0) is 70.7 Å². The number of amides is 1. The molecule has 1 saturated carbocycles. The van der Waals surface area contributed by atoms with Gasteiger partial charge in [-0.3, -0.25) is 4.79 Å². The molecule has 0 spiro atoms. The highest BCUT2D eigenvalue weighted by molar-refractivity contribution is 9.13. The molecule has 0 unspecified atom stereocenters. The van der Waals surface area contributed by atoms with Crippen LogP contribution >= 0.6 is 43.2 Å². The molecule has 106 valence electrons. The summed E-state index contributed by atoms with van der Waals surface area (Å²) < 4.78 is 1.93. The van der Waals surface area contributed by atoms with Gasteiger partial charge in [-0.15, -0.1) is 11.3 Å². The third-order valence-electron chi connectivity index (χ3n) is 3.83. The van der Waals surface area contributed by atoms with Gasteiger partial charge in [0.15, 0.2) is 0 Å². The third-order valence-corrected chi connectivity index (χ3v) is 7.07. The molecule has 0 aliphatic heterocycles. The SMILES string of the molecule is CNC1CCC(N(C)C(=O)c2cc(Br)c(Br)s2)CC1. The summed E-state index contributed by atoms with van der Waals surface area (Å²) in [6, 6.07) is 2.88. The van der Waals surface area contributed by atoms with Gasteiger partial charge in [-0.25, -0.2) is 0 Å². The van der Waals surface area contributed by atoms with Crippen molar-refractivity contribution in [1.29, 1.82) is 0 Å². The molecule has 2 rings (SSSR count). The highest BCUT2D eigenvalue weighted by Gasteiger charge is 2.27. The van der Waals surface area contributed by atoms with Crippen LogP contribution < -0.4 is 5.32 Å². The minimum atomic E-state index is 0.129. The normalized spacial score (nSPS) is 23.4. The number of carbonyl (C=O) groups is 1. The second-order valence-electron chi connectivity index (χ2n) is 4.94. The maximum atomic E-state index is 12.4. The predicted octanol–water partition coefficient (Wildman–Crippen LogP) is 3.88. The van der Waals surface area contributed by atoms with E-state index in [1.807, 2.05) is 25.1 Å². The fraction of sp³-hybridized carbons (Fsp3) is 0.615. The summed E-state index contributed by atoms with van der Waals surface area (Å²) in [5, 5.41) is 3.32. The summed E-state index contributed by atoms with van der Waals surface area (Å²) in [5.41, 5.74) is 0. The zero-order chi connectivity index (χ0) is 14.0. The molecule has 1 fully saturated rings. The molecule has 0 bridgehead atoms. The number of nitrogens with zero attached hydrogens (tertiary/aromatic N) is 1. The lowest BCUT2D eigenvalue weighted by Gasteiger charge is -2.34. The van der Waals surface area contributed by atoms with E-state index >= 15 is 0 Å². The van der Waals surface area contributed by atoms with Crippen molar-refractivity contribution < 1.29 is 4.79 Å². The maximum absolute atomic E-state index is 12.4. The topological polar surface area (TPSA) is 32.3 Å². The summed E-state index contributed by atoms with van der Waals surface area (Å²) in [4.78, 5) is 15.1. The Morgan fingerprint density at radius 3 is 2.47 bits per heavy atom. The number of carbonyl (C=O) groups excluding carboxylic acids is 1. The number of hydrogen-bond acceptors (Lipinski definition) is 3. The maximum Gasteiger partial charge on any atom is 0.263 e. The molecular weight excluding hydrogens is 392 g/mol. The summed E-state index contributed by atoms with van der Waals surface area (Å²) in [5.74, 6) is 0.129. The summed E-state index contributed by atoms with van der Waals surface area (Å²) >= 11 is 8.36. The van der Waals surface area contributed by atoms with Crippen LogP contribution in [0, 0.1) is 0 Å². The summed E-state index contributed by atoms with van der Waals surface area (Å²) in [6.45, 7) is 0. The Balaban J connectivity index is 2.00. The lowest BCUT2D eigenvalue weighted by Crippen LogP contribution is -2.42. The van der Waals surface area contributed by atoms with Crippen LogP contribution in [0.4, 0.5) is 0 Å². The molecule has 1 amide bonds. The second kappa shape index (κ2) is 6.70. The molecule has 1 heterocycles. The lowest BCUT2D eigenvalue weighted by molar-refractivity contribution is 0.0690. The Bertz CT molecular complexity index is 436. The molecule has 6 heteroatoms. The van der Waals surface area contributed by atoms with Gasteiger partial charge in [-0.2, -0.15) is 0 Å². The van der Waals surface area contributed by atoms with Crippen molar-refractivity contribution in [2.75, 3.05) is 14.1 Å². The lowest BCUT2D eigenvalue weighted by atomic mass is 9.90. The number of thiophene rings is 1. The molecule has 0 saturated heterocycles. The molecular formula is C13H18Br2N2OS. The van der Waals surface area contributed by atoms with Gasteiger partial charge in [0, 0.05) is 23.6 Å². The van der Waals surface area contributed by atoms with E-state index in [1.165, 1.54) is 11.3 Å². The van der Waals surface area contributed by atoms with Crippen LogP contribution in [0.15, 0.2) is 14.3 Å². The van der Waals surface area contributed by atoms with Crippen molar-refractivity contribution in [3.8, 4) is 0 Å². The smallest absolute Gasteiger partial charge is 0.263 e. The molecule has 3 nitrogen and oxygen atoms in total. The van der Waals surface area contributed by atoms with Gasteiger partial charge < -0.3 is 10.2 Å². The molecule has 1 N–H and O–H groups in total. The van der Waals surface area contributed by atoms with Crippen molar-refractivity contribution in [2.24, 2.45) is 0 Å². The van der Waals surface area contributed by atoms with E-state index in [2.05, 4.69) is 37.2 Å². The van der Waals surface area contributed by atoms with Crippen LogP contribution in [0.2, 0.25) is 0 Å². The van der Waals surface area contributed by atoms with Crippen molar-refractivity contribution in [3.05, 3.63) is 19.2 Å². The molecule has 1 aliphatic carbocycles. The van der Waals surface area contributed by atoms with Gasteiger partial charge in [-0.1, -0.05) is 0 Å². The summed E-state index contributed by atoms with van der Waals surface area (Å²) in [7, 11) is 3.94. The first-order valence-corrected chi connectivity index (χ1v) is 8.82. The van der Waals surface area contributed by atoms with Crippen LogP contribution in [-0.2, 0) is 0 Å². The number of halogens is 2. The molecule has 19 heavy (non-hydrogen) atoms. The van der Waals surface area contributed by atoms with Crippen LogP contribution in [0.5, 0.6) is 0 Å². The molecule has 0 aromatic carbocycles. The van der Waals surface area contributed by atoms with E-state index in [9.17, 15) is 4.79 Å². The first kappa shape index (κ1) is 15.5. The summed E-state index contributed by atoms with van der Waals surface area (Å²) in [6.07, 6.45) is 4.47. The Morgan fingerprint density at radius 2 is 2.00 bits per heavy atom. The van der Waals surface area contributed by atoms with Crippen molar-refractivity contribution in [1.82, 2.24) is 10.2 Å². The molecule has 0 atom stereocenters. The fourth-order valence-corrected chi connectivity index (χ4v) is 4.56. The Labute approximate surface area is 135 Å². The predicted molar refractivity (Wildman–Crippen MR) is 86.9 cm³/mol. The van der Waals surface area contributed by atoms with Crippen LogP contribution in [0.1, 0.15) is 35.4 Å². The largest absolute Gasteiger partial charge is 0.338 e. The zero-order valence-electron chi connectivity index (χ0n) is 11.1. The molecule has 1 aliphatic rings. The van der Waals surface area contributed by atoms with Gasteiger partial charge in [0.1, 0.15) is 0 Å². The first-order valence-electron chi connectivity index (χ1n) is 6.42. The third kappa shape index (κ3) is 3.60. The minimum Gasteiger partial charge on any atom is -0.338 e. The highest BCUT2D eigenvalue weighted by Crippen LogP contribution is 2.33. The van der Waals surface area contributed by atoms with Gasteiger partial charge in [0.05, 0.1) is 8.66 Å². The van der Waals surface area contributed by atoms with E-state index in [4.69, 9.17) is 0 Å². The second-order valence-corrected chi connectivity index (χ2v) is 8.17. The standard InChI is InChI=1S/C13H18Br2N2OS/c1-16-8-3-5-9(6-4-8)17(2)13(18)11-7-10(14)12(15)19-11/h7-9,16H,3-6H2,1-2H3. The van der Waals surface area contributed by atoms with Gasteiger partial charge in [0.25, 0.3) is 5.91 Å². The highest BCUT2D eigenvalue weighted by atomic mass is 79.9. The van der Waals surface area contributed by atoms with E-state index < -0.39 is 0 Å². The fourth-order valence-electron chi connectivity index (χ4n) is 2.54. The van der Waals surface area contributed by atoms with E-state index in [0.717, 1.165) is 38.8 Å². The molecule has 0 radical (unpaired) electrons. The van der Waals surface area contributed by atoms with E-state index in [-0.39, 0.29) is 5.91 Å². The number of rotatable bonds is 3.